The average Bonchev–Trinajstić information content (AvgIpc) is 2.67. The van der Waals surface area contributed by atoms with Crippen molar-refractivity contribution in [3.05, 3.63) is 30.1 Å². The van der Waals surface area contributed by atoms with Gasteiger partial charge in [-0.25, -0.2) is 12.8 Å². The zero-order valence-electron chi connectivity index (χ0n) is 16.2. The third-order valence-corrected chi connectivity index (χ3v) is 7.02. The molecule has 0 bridgehead atoms. The van der Waals surface area contributed by atoms with E-state index in [1.54, 1.807) is 12.1 Å². The number of benzene rings is 1. The highest BCUT2D eigenvalue weighted by atomic mass is 32.2. The highest BCUT2D eigenvalue weighted by Crippen LogP contribution is 2.18. The fourth-order valence-corrected chi connectivity index (χ4v) is 4.76. The molecule has 1 aliphatic rings. The van der Waals surface area contributed by atoms with Crippen LogP contribution in [0.1, 0.15) is 33.1 Å². The van der Waals surface area contributed by atoms with Gasteiger partial charge in [-0.1, -0.05) is 13.8 Å². The molecule has 0 aromatic heterocycles. The Bertz CT molecular complexity index is 697. The van der Waals surface area contributed by atoms with Crippen LogP contribution in [0.2, 0.25) is 0 Å². The highest BCUT2D eigenvalue weighted by molar-refractivity contribution is 7.89. The molecule has 1 amide bonds. The molecule has 0 aliphatic carbocycles. The minimum atomic E-state index is -3.33. The van der Waals surface area contributed by atoms with Crippen LogP contribution in [0.5, 0.6) is 0 Å². The molecule has 0 spiro atoms. The van der Waals surface area contributed by atoms with Crippen LogP contribution in [-0.2, 0) is 14.8 Å². The van der Waals surface area contributed by atoms with Crippen LogP contribution >= 0.6 is 0 Å². The van der Waals surface area contributed by atoms with E-state index in [1.807, 2.05) is 13.8 Å². The first kappa shape index (κ1) is 21.6. The Kier molecular flexibility index (Phi) is 8.04. The molecular formula is C19H30FN3O3S. The maximum Gasteiger partial charge on any atom is 0.223 e. The van der Waals surface area contributed by atoms with Crippen LogP contribution < -0.4 is 10.2 Å². The third-order valence-electron chi connectivity index (χ3n) is 5.06. The van der Waals surface area contributed by atoms with Gasteiger partial charge in [-0.3, -0.25) is 4.79 Å². The van der Waals surface area contributed by atoms with Crippen molar-refractivity contribution in [2.45, 2.75) is 33.1 Å². The summed E-state index contributed by atoms with van der Waals surface area (Å²) >= 11 is 0. The van der Waals surface area contributed by atoms with Crippen LogP contribution in [0.3, 0.4) is 0 Å². The first-order valence-corrected chi connectivity index (χ1v) is 11.2. The molecule has 1 aliphatic heterocycles. The molecule has 1 fully saturated rings. The number of anilines is 1. The summed E-state index contributed by atoms with van der Waals surface area (Å²) in [4.78, 5) is 14.0. The molecular weight excluding hydrogens is 369 g/mol. The molecule has 152 valence electrons. The summed E-state index contributed by atoms with van der Waals surface area (Å²) in [6, 6.07) is 6.24. The van der Waals surface area contributed by atoms with E-state index in [2.05, 4.69) is 10.2 Å². The van der Waals surface area contributed by atoms with Crippen molar-refractivity contribution in [1.82, 2.24) is 9.62 Å². The summed E-state index contributed by atoms with van der Waals surface area (Å²) in [5, 5.41) is 2.83. The number of carbonyl (C=O) groups is 1. The molecule has 1 aromatic carbocycles. The molecule has 0 saturated carbocycles. The van der Waals surface area contributed by atoms with E-state index in [1.165, 1.54) is 16.4 Å². The van der Waals surface area contributed by atoms with E-state index in [-0.39, 0.29) is 23.4 Å². The summed E-state index contributed by atoms with van der Waals surface area (Å²) in [6.07, 6.45) is 1.99. The van der Waals surface area contributed by atoms with Crippen LogP contribution in [-0.4, -0.2) is 57.1 Å². The second-order valence-corrected chi connectivity index (χ2v) is 8.92. The molecule has 1 N–H and O–H groups in total. The number of piperazine rings is 1. The summed E-state index contributed by atoms with van der Waals surface area (Å²) < 4.78 is 39.6. The predicted octanol–water partition coefficient (Wildman–Crippen LogP) is 2.22. The molecule has 1 heterocycles. The topological polar surface area (TPSA) is 69.7 Å². The number of sulfonamides is 1. The molecule has 6 nitrogen and oxygen atoms in total. The lowest BCUT2D eigenvalue weighted by Crippen LogP contribution is -2.49. The van der Waals surface area contributed by atoms with Gasteiger partial charge in [0.05, 0.1) is 5.75 Å². The SMILES string of the molecule is CCC(CC)C(=O)NCCCS(=O)(=O)N1CCN(c2ccc(F)cc2)CC1. The molecule has 0 atom stereocenters. The number of nitrogens with zero attached hydrogens (tertiary/aromatic N) is 2. The van der Waals surface area contributed by atoms with Crippen molar-refractivity contribution >= 4 is 21.6 Å². The van der Waals surface area contributed by atoms with Gasteiger partial charge in [0, 0.05) is 44.3 Å². The second kappa shape index (κ2) is 10.0. The lowest BCUT2D eigenvalue weighted by molar-refractivity contribution is -0.125. The van der Waals surface area contributed by atoms with E-state index >= 15 is 0 Å². The Morgan fingerprint density at radius 1 is 1.11 bits per heavy atom. The number of rotatable bonds is 9. The van der Waals surface area contributed by atoms with Crippen molar-refractivity contribution in [3.8, 4) is 0 Å². The van der Waals surface area contributed by atoms with Crippen molar-refractivity contribution < 1.29 is 17.6 Å². The first-order valence-electron chi connectivity index (χ1n) is 9.63. The van der Waals surface area contributed by atoms with Crippen LogP contribution in [0.25, 0.3) is 0 Å². The number of hydrogen-bond acceptors (Lipinski definition) is 4. The van der Waals surface area contributed by atoms with Gasteiger partial charge in [0.15, 0.2) is 0 Å². The fraction of sp³-hybridized carbons (Fsp3) is 0.632. The van der Waals surface area contributed by atoms with Gasteiger partial charge in [-0.15, -0.1) is 0 Å². The molecule has 2 rings (SSSR count). The third kappa shape index (κ3) is 6.17. The van der Waals surface area contributed by atoms with Crippen LogP contribution in [0.4, 0.5) is 10.1 Å². The minimum Gasteiger partial charge on any atom is -0.369 e. The lowest BCUT2D eigenvalue weighted by atomic mass is 10.0. The molecule has 0 radical (unpaired) electrons. The van der Waals surface area contributed by atoms with Gasteiger partial charge in [0.25, 0.3) is 0 Å². The Morgan fingerprint density at radius 3 is 2.26 bits per heavy atom. The number of carbonyl (C=O) groups excluding carboxylic acids is 1. The average molecular weight is 400 g/mol. The zero-order chi connectivity index (χ0) is 19.9. The first-order chi connectivity index (χ1) is 12.9. The molecule has 0 unspecified atom stereocenters. The Hall–Kier alpha value is -1.67. The van der Waals surface area contributed by atoms with E-state index in [4.69, 9.17) is 0 Å². The van der Waals surface area contributed by atoms with Crippen molar-refractivity contribution in [1.29, 1.82) is 0 Å². The van der Waals surface area contributed by atoms with Crippen molar-refractivity contribution in [2.75, 3.05) is 43.4 Å². The second-order valence-electron chi connectivity index (χ2n) is 6.84. The Balaban J connectivity index is 1.76. The van der Waals surface area contributed by atoms with Gasteiger partial charge < -0.3 is 10.2 Å². The van der Waals surface area contributed by atoms with Gasteiger partial charge in [0.2, 0.25) is 15.9 Å². The number of amides is 1. The normalized spacial score (nSPS) is 15.9. The quantitative estimate of drug-likeness (QED) is 0.647. The Morgan fingerprint density at radius 2 is 1.70 bits per heavy atom. The van der Waals surface area contributed by atoms with Crippen LogP contribution in [0, 0.1) is 11.7 Å². The van der Waals surface area contributed by atoms with Gasteiger partial charge >= 0.3 is 0 Å². The van der Waals surface area contributed by atoms with Gasteiger partial charge in [0.1, 0.15) is 5.82 Å². The minimum absolute atomic E-state index is 0.00106. The largest absolute Gasteiger partial charge is 0.369 e. The molecule has 8 heteroatoms. The standard InChI is InChI=1S/C19H30FN3O3S/c1-3-16(4-2)19(24)21-10-5-15-27(25,26)23-13-11-22(12-14-23)18-8-6-17(20)7-9-18/h6-9,16H,3-5,10-15H2,1-2H3,(H,21,24). The summed E-state index contributed by atoms with van der Waals surface area (Å²) in [5.74, 6) is -0.241. The summed E-state index contributed by atoms with van der Waals surface area (Å²) in [6.45, 7) is 6.32. The summed E-state index contributed by atoms with van der Waals surface area (Å²) in [7, 11) is -3.33. The zero-order valence-corrected chi connectivity index (χ0v) is 17.0. The smallest absolute Gasteiger partial charge is 0.223 e. The molecule has 1 aromatic rings. The monoisotopic (exact) mass is 399 g/mol. The van der Waals surface area contributed by atoms with Gasteiger partial charge in [-0.2, -0.15) is 4.31 Å². The van der Waals surface area contributed by atoms with Crippen molar-refractivity contribution in [3.63, 3.8) is 0 Å². The number of halogens is 1. The summed E-state index contributed by atoms with van der Waals surface area (Å²) in [5.41, 5.74) is 0.901. The number of hydrogen-bond donors (Lipinski definition) is 1. The number of nitrogens with one attached hydrogen (secondary N) is 1. The van der Waals surface area contributed by atoms with Crippen LogP contribution in [0.15, 0.2) is 24.3 Å². The van der Waals surface area contributed by atoms with Gasteiger partial charge in [-0.05, 0) is 43.5 Å². The predicted molar refractivity (Wildman–Crippen MR) is 106 cm³/mol. The molecule has 1 saturated heterocycles. The van der Waals surface area contributed by atoms with E-state index in [9.17, 15) is 17.6 Å². The molecule has 27 heavy (non-hydrogen) atoms. The van der Waals surface area contributed by atoms with E-state index in [0.717, 1.165) is 18.5 Å². The highest BCUT2D eigenvalue weighted by Gasteiger charge is 2.26. The lowest BCUT2D eigenvalue weighted by Gasteiger charge is -2.35. The van der Waals surface area contributed by atoms with E-state index < -0.39 is 10.0 Å². The van der Waals surface area contributed by atoms with Crippen molar-refractivity contribution in [2.24, 2.45) is 5.92 Å². The maximum absolute atomic E-state index is 13.0. The Labute approximate surface area is 161 Å². The maximum atomic E-state index is 13.0. The fourth-order valence-electron chi connectivity index (χ4n) is 3.28. The van der Waals surface area contributed by atoms with E-state index in [0.29, 0.717) is 39.1 Å².